The van der Waals surface area contributed by atoms with Crippen molar-refractivity contribution < 1.29 is 19.8 Å². The average Bonchev–Trinajstić information content (AvgIpc) is 1.63. The molecule has 0 bridgehead atoms. The molecule has 0 aromatic carbocycles. The third kappa shape index (κ3) is 3.33. The molecule has 0 aliphatic rings. The molecule has 5 heteroatoms. The molecule has 0 aromatic rings. The number of nitrogens with one attached hydrogen (secondary N) is 1. The van der Waals surface area contributed by atoms with Crippen LogP contribution in [-0.4, -0.2) is 28.3 Å². The van der Waals surface area contributed by atoms with Gasteiger partial charge in [0.1, 0.15) is 6.04 Å². The Morgan fingerprint density at radius 2 is 1.89 bits per heavy atom. The number of amides is 1. The van der Waals surface area contributed by atoms with Crippen molar-refractivity contribution in [2.45, 2.75) is 13.0 Å². The lowest BCUT2D eigenvalue weighted by atomic mass is 10.4. The summed E-state index contributed by atoms with van der Waals surface area (Å²) in [6, 6.07) is -1.04. The topological polar surface area (TPSA) is 86.6 Å². The van der Waals surface area contributed by atoms with E-state index in [4.69, 9.17) is 10.2 Å². The first-order valence-electron chi connectivity index (χ1n) is 2.26. The van der Waals surface area contributed by atoms with E-state index < -0.39 is 18.1 Å². The first-order chi connectivity index (χ1) is 4.04. The Labute approximate surface area is 51.3 Å². The van der Waals surface area contributed by atoms with Crippen molar-refractivity contribution in [3.05, 3.63) is 0 Å². The van der Waals surface area contributed by atoms with Crippen molar-refractivity contribution in [2.75, 3.05) is 0 Å². The van der Waals surface area contributed by atoms with E-state index in [1.807, 2.05) is 0 Å². The third-order valence-corrected chi connectivity index (χ3v) is 0.710. The van der Waals surface area contributed by atoms with Crippen LogP contribution >= 0.6 is 0 Å². The number of rotatable bonds is 2. The van der Waals surface area contributed by atoms with E-state index in [1.165, 1.54) is 6.92 Å². The lowest BCUT2D eigenvalue weighted by Gasteiger charge is -2.02. The molecule has 9 heavy (non-hydrogen) atoms. The summed E-state index contributed by atoms with van der Waals surface area (Å²) in [6.07, 6.45) is -1.33. The third-order valence-electron chi connectivity index (χ3n) is 0.710. The summed E-state index contributed by atoms with van der Waals surface area (Å²) in [7, 11) is 0. The van der Waals surface area contributed by atoms with Gasteiger partial charge >= 0.3 is 12.1 Å². The second kappa shape index (κ2) is 2.91. The van der Waals surface area contributed by atoms with Crippen LogP contribution in [0.4, 0.5) is 4.79 Å². The van der Waals surface area contributed by atoms with Crippen LogP contribution in [0.3, 0.4) is 0 Å². The van der Waals surface area contributed by atoms with E-state index in [1.54, 1.807) is 5.32 Å². The second-order valence-electron chi connectivity index (χ2n) is 1.51. The van der Waals surface area contributed by atoms with Gasteiger partial charge in [0.25, 0.3) is 0 Å². The molecular formula is C4H7NO4. The first-order valence-corrected chi connectivity index (χ1v) is 2.26. The molecule has 52 valence electrons. The SMILES string of the molecule is CC(NC(=O)O)C(=O)O. The van der Waals surface area contributed by atoms with Gasteiger partial charge in [0.2, 0.25) is 0 Å². The molecule has 0 saturated heterocycles. The standard InChI is InChI=1S/C4H7NO4/c1-2(3(6)7)5-4(8)9/h2,5H,1H3,(H,6,7)(H,8,9). The van der Waals surface area contributed by atoms with Crippen LogP contribution in [0, 0.1) is 0 Å². The summed E-state index contributed by atoms with van der Waals surface area (Å²) in [4.78, 5) is 19.6. The molecule has 0 aliphatic carbocycles. The Balaban J connectivity index is 3.63. The number of carboxylic acid groups (broad SMARTS) is 2. The molecule has 0 spiro atoms. The lowest BCUT2D eigenvalue weighted by molar-refractivity contribution is -0.138. The molecule has 1 unspecified atom stereocenters. The largest absolute Gasteiger partial charge is 0.480 e. The zero-order valence-corrected chi connectivity index (χ0v) is 4.79. The Bertz CT molecular complexity index is 133. The van der Waals surface area contributed by atoms with Crippen molar-refractivity contribution in [3.8, 4) is 0 Å². The number of hydrogen-bond acceptors (Lipinski definition) is 2. The zero-order valence-electron chi connectivity index (χ0n) is 4.79. The van der Waals surface area contributed by atoms with Crippen molar-refractivity contribution in [1.82, 2.24) is 5.32 Å². The monoisotopic (exact) mass is 133 g/mol. The highest BCUT2D eigenvalue weighted by molar-refractivity contribution is 5.78. The predicted octanol–water partition coefficient (Wildman–Crippen LogP) is -0.273. The number of aliphatic carboxylic acids is 1. The van der Waals surface area contributed by atoms with Gasteiger partial charge in [-0.15, -0.1) is 0 Å². The molecule has 0 fully saturated rings. The Kier molecular flexibility index (Phi) is 2.50. The van der Waals surface area contributed by atoms with Crippen molar-refractivity contribution in [3.63, 3.8) is 0 Å². The summed E-state index contributed by atoms with van der Waals surface area (Å²) in [5.41, 5.74) is 0. The Hall–Kier alpha value is -1.26. The minimum Gasteiger partial charge on any atom is -0.480 e. The van der Waals surface area contributed by atoms with Crippen LogP contribution in [0.25, 0.3) is 0 Å². The van der Waals surface area contributed by atoms with E-state index in [0.29, 0.717) is 0 Å². The molecule has 0 rings (SSSR count). The molecule has 0 aliphatic heterocycles. The van der Waals surface area contributed by atoms with Gasteiger partial charge in [-0.3, -0.25) is 4.79 Å². The van der Waals surface area contributed by atoms with E-state index >= 15 is 0 Å². The fraction of sp³-hybridized carbons (Fsp3) is 0.500. The van der Waals surface area contributed by atoms with Crippen LogP contribution in [0.5, 0.6) is 0 Å². The molecule has 1 amide bonds. The van der Waals surface area contributed by atoms with Gasteiger partial charge in [-0.2, -0.15) is 0 Å². The van der Waals surface area contributed by atoms with E-state index in [0.717, 1.165) is 0 Å². The summed E-state index contributed by atoms with van der Waals surface area (Å²) < 4.78 is 0. The molecule has 0 aromatic heterocycles. The van der Waals surface area contributed by atoms with Crippen LogP contribution in [-0.2, 0) is 4.79 Å². The highest BCUT2D eigenvalue weighted by Crippen LogP contribution is 1.78. The van der Waals surface area contributed by atoms with Gasteiger partial charge in [-0.1, -0.05) is 0 Å². The van der Waals surface area contributed by atoms with E-state index in [2.05, 4.69) is 0 Å². The summed E-state index contributed by atoms with van der Waals surface area (Å²) >= 11 is 0. The molecule has 3 N–H and O–H groups in total. The Morgan fingerprint density at radius 1 is 1.44 bits per heavy atom. The van der Waals surface area contributed by atoms with E-state index in [-0.39, 0.29) is 0 Å². The number of hydrogen-bond donors (Lipinski definition) is 3. The zero-order chi connectivity index (χ0) is 7.44. The molecule has 0 heterocycles. The van der Waals surface area contributed by atoms with Crippen molar-refractivity contribution in [1.29, 1.82) is 0 Å². The maximum atomic E-state index is 9.91. The molecule has 5 nitrogen and oxygen atoms in total. The van der Waals surface area contributed by atoms with Crippen LogP contribution in [0.15, 0.2) is 0 Å². The minimum absolute atomic E-state index is 1.04. The van der Waals surface area contributed by atoms with Gasteiger partial charge in [0.05, 0.1) is 0 Å². The van der Waals surface area contributed by atoms with E-state index in [9.17, 15) is 9.59 Å². The maximum absolute atomic E-state index is 9.91. The second-order valence-corrected chi connectivity index (χ2v) is 1.51. The highest BCUT2D eigenvalue weighted by Gasteiger charge is 2.11. The summed E-state index contributed by atoms with van der Waals surface area (Å²) in [5.74, 6) is -1.18. The summed E-state index contributed by atoms with van der Waals surface area (Å²) in [6.45, 7) is 1.25. The normalized spacial score (nSPS) is 12.1. The lowest BCUT2D eigenvalue weighted by Crippen LogP contribution is -2.37. The van der Waals surface area contributed by atoms with Gasteiger partial charge in [-0.05, 0) is 6.92 Å². The maximum Gasteiger partial charge on any atom is 0.405 e. The molecule has 1 atom stereocenters. The fourth-order valence-electron chi connectivity index (χ4n) is 0.247. The van der Waals surface area contributed by atoms with Gasteiger partial charge < -0.3 is 15.5 Å². The minimum atomic E-state index is -1.33. The van der Waals surface area contributed by atoms with Gasteiger partial charge in [-0.25, -0.2) is 4.79 Å². The predicted molar refractivity (Wildman–Crippen MR) is 28.3 cm³/mol. The fourth-order valence-corrected chi connectivity index (χ4v) is 0.247. The van der Waals surface area contributed by atoms with Crippen molar-refractivity contribution >= 4 is 12.1 Å². The average molecular weight is 133 g/mol. The van der Waals surface area contributed by atoms with Crippen LogP contribution < -0.4 is 5.32 Å². The molecule has 0 radical (unpaired) electrons. The van der Waals surface area contributed by atoms with Crippen LogP contribution in [0.2, 0.25) is 0 Å². The Morgan fingerprint density at radius 3 is 2.00 bits per heavy atom. The summed E-state index contributed by atoms with van der Waals surface area (Å²) in [5, 5.41) is 17.8. The van der Waals surface area contributed by atoms with Crippen molar-refractivity contribution in [2.24, 2.45) is 0 Å². The molecule has 0 saturated carbocycles. The smallest absolute Gasteiger partial charge is 0.405 e. The number of carbonyl (C=O) groups is 2. The highest BCUT2D eigenvalue weighted by atomic mass is 16.4. The molecular weight excluding hydrogens is 126 g/mol. The van der Waals surface area contributed by atoms with Gasteiger partial charge in [0, 0.05) is 0 Å². The van der Waals surface area contributed by atoms with Gasteiger partial charge in [0.15, 0.2) is 0 Å². The quantitative estimate of drug-likeness (QED) is 0.483. The van der Waals surface area contributed by atoms with Crippen LogP contribution in [0.1, 0.15) is 6.92 Å². The number of carboxylic acids is 1. The first kappa shape index (κ1) is 7.74.